The van der Waals surface area contributed by atoms with Crippen LogP contribution in [0.15, 0.2) is 6.07 Å². The highest BCUT2D eigenvalue weighted by Gasteiger charge is 2.28. The fraction of sp³-hybridized carbons (Fsp3) is 0.688. The van der Waals surface area contributed by atoms with Gasteiger partial charge in [-0.05, 0) is 25.7 Å². The number of aryl methyl sites for hydroxylation is 1. The second kappa shape index (κ2) is 6.50. The van der Waals surface area contributed by atoms with Gasteiger partial charge in [0, 0.05) is 44.9 Å². The molecule has 1 N–H and O–H groups in total. The minimum absolute atomic E-state index is 0.143. The normalized spacial score (nSPS) is 19.0. The summed E-state index contributed by atoms with van der Waals surface area (Å²) < 4.78 is 0. The van der Waals surface area contributed by atoms with Crippen molar-refractivity contribution in [1.29, 1.82) is 0 Å². The fourth-order valence-electron chi connectivity index (χ4n) is 3.01. The maximum Gasteiger partial charge on any atom is 0.227 e. The second-order valence-electron chi connectivity index (χ2n) is 6.21. The van der Waals surface area contributed by atoms with Crippen LogP contribution < -0.4 is 10.2 Å². The summed E-state index contributed by atoms with van der Waals surface area (Å²) in [6, 6.07) is 2.34. The largest absolute Gasteiger partial charge is 0.364 e. The zero-order valence-electron chi connectivity index (χ0n) is 13.5. The van der Waals surface area contributed by atoms with Gasteiger partial charge in [-0.25, -0.2) is 4.98 Å². The molecule has 0 saturated carbocycles. The van der Waals surface area contributed by atoms with Gasteiger partial charge < -0.3 is 15.1 Å². The van der Waals surface area contributed by atoms with Crippen LogP contribution in [0.25, 0.3) is 0 Å². The Kier molecular flexibility index (Phi) is 4.45. The van der Waals surface area contributed by atoms with Gasteiger partial charge in [0.2, 0.25) is 11.9 Å². The van der Waals surface area contributed by atoms with Crippen LogP contribution in [0.5, 0.6) is 0 Å². The molecule has 2 aliphatic rings. The molecule has 0 atom stereocenters. The molecule has 120 valence electrons. The van der Waals surface area contributed by atoms with E-state index < -0.39 is 0 Å². The van der Waals surface area contributed by atoms with E-state index in [0.29, 0.717) is 6.04 Å². The first-order valence-electron chi connectivity index (χ1n) is 8.30. The van der Waals surface area contributed by atoms with Gasteiger partial charge in [0.25, 0.3) is 0 Å². The molecule has 1 amide bonds. The van der Waals surface area contributed by atoms with E-state index in [-0.39, 0.29) is 5.91 Å². The highest BCUT2D eigenvalue weighted by Crippen LogP contribution is 2.21. The standard InChI is InChI=1S/C16H25N5O/c1-3-13-9-15(17-14-10-21(11-14)12(2)22)19-16(18-13)20-7-5-4-6-8-20/h9,14H,3-8,10-11H2,1-2H3,(H,17,18,19). The molecule has 3 heterocycles. The Morgan fingerprint density at radius 3 is 2.64 bits per heavy atom. The Hall–Kier alpha value is -1.85. The van der Waals surface area contributed by atoms with E-state index in [9.17, 15) is 4.79 Å². The van der Waals surface area contributed by atoms with Crippen molar-refractivity contribution in [2.24, 2.45) is 0 Å². The highest BCUT2D eigenvalue weighted by atomic mass is 16.2. The molecule has 0 radical (unpaired) electrons. The highest BCUT2D eigenvalue weighted by molar-refractivity contribution is 5.74. The topological polar surface area (TPSA) is 61.4 Å². The van der Waals surface area contributed by atoms with E-state index in [2.05, 4.69) is 22.1 Å². The molecule has 6 heteroatoms. The molecular formula is C16H25N5O. The maximum atomic E-state index is 11.3. The number of rotatable bonds is 4. The number of nitrogens with one attached hydrogen (secondary N) is 1. The molecule has 3 rings (SSSR count). The Balaban J connectivity index is 1.69. The number of aromatic nitrogens is 2. The van der Waals surface area contributed by atoms with Crippen LogP contribution >= 0.6 is 0 Å². The Labute approximate surface area is 131 Å². The van der Waals surface area contributed by atoms with Crippen molar-refractivity contribution in [2.45, 2.75) is 45.6 Å². The lowest BCUT2D eigenvalue weighted by Gasteiger charge is -2.39. The van der Waals surface area contributed by atoms with E-state index in [0.717, 1.165) is 50.1 Å². The molecule has 2 aliphatic heterocycles. The summed E-state index contributed by atoms with van der Waals surface area (Å²) in [5.41, 5.74) is 1.07. The zero-order chi connectivity index (χ0) is 15.5. The maximum absolute atomic E-state index is 11.3. The van der Waals surface area contributed by atoms with Gasteiger partial charge in [-0.2, -0.15) is 4.98 Å². The predicted octanol–water partition coefficient (Wildman–Crippen LogP) is 1.67. The number of anilines is 2. The molecule has 2 saturated heterocycles. The van der Waals surface area contributed by atoms with Gasteiger partial charge in [-0.1, -0.05) is 6.92 Å². The van der Waals surface area contributed by atoms with Gasteiger partial charge in [0.05, 0.1) is 6.04 Å². The minimum Gasteiger partial charge on any atom is -0.364 e. The molecule has 0 spiro atoms. The number of hydrogen-bond acceptors (Lipinski definition) is 5. The first-order valence-corrected chi connectivity index (χ1v) is 8.30. The van der Waals surface area contributed by atoms with Crippen LogP contribution in [-0.2, 0) is 11.2 Å². The number of hydrogen-bond donors (Lipinski definition) is 1. The molecule has 2 fully saturated rings. The number of amides is 1. The summed E-state index contributed by atoms with van der Waals surface area (Å²) in [6.45, 7) is 7.36. The molecular weight excluding hydrogens is 278 g/mol. The van der Waals surface area contributed by atoms with E-state index in [4.69, 9.17) is 4.98 Å². The minimum atomic E-state index is 0.143. The number of piperidine rings is 1. The SMILES string of the molecule is CCc1cc(NC2CN(C(C)=O)C2)nc(N2CCCCC2)n1. The number of carbonyl (C=O) groups excluding carboxylic acids is 1. The van der Waals surface area contributed by atoms with Crippen LogP contribution in [0, 0.1) is 0 Å². The lowest BCUT2D eigenvalue weighted by atomic mass is 10.1. The number of carbonyl (C=O) groups is 1. The van der Waals surface area contributed by atoms with Gasteiger partial charge >= 0.3 is 0 Å². The fourth-order valence-corrected chi connectivity index (χ4v) is 3.01. The van der Waals surface area contributed by atoms with Crippen molar-refractivity contribution >= 4 is 17.7 Å². The zero-order valence-corrected chi connectivity index (χ0v) is 13.5. The third kappa shape index (κ3) is 3.31. The van der Waals surface area contributed by atoms with Crippen molar-refractivity contribution < 1.29 is 4.79 Å². The first kappa shape index (κ1) is 15.1. The third-order valence-corrected chi connectivity index (χ3v) is 4.45. The Morgan fingerprint density at radius 2 is 2.00 bits per heavy atom. The summed E-state index contributed by atoms with van der Waals surface area (Å²) in [4.78, 5) is 24.8. The van der Waals surface area contributed by atoms with Crippen LogP contribution in [-0.4, -0.2) is 53.0 Å². The van der Waals surface area contributed by atoms with Gasteiger partial charge in [-0.3, -0.25) is 4.79 Å². The summed E-state index contributed by atoms with van der Waals surface area (Å²) in [5.74, 6) is 1.88. The molecule has 0 aliphatic carbocycles. The summed E-state index contributed by atoms with van der Waals surface area (Å²) >= 11 is 0. The summed E-state index contributed by atoms with van der Waals surface area (Å²) in [5, 5.41) is 3.45. The van der Waals surface area contributed by atoms with Crippen molar-refractivity contribution in [3.05, 3.63) is 11.8 Å². The summed E-state index contributed by atoms with van der Waals surface area (Å²) in [6.07, 6.45) is 4.65. The molecule has 0 bridgehead atoms. The van der Waals surface area contributed by atoms with Gasteiger partial charge in [0.1, 0.15) is 5.82 Å². The number of nitrogens with zero attached hydrogens (tertiary/aromatic N) is 4. The predicted molar refractivity (Wildman–Crippen MR) is 87.1 cm³/mol. The molecule has 0 unspecified atom stereocenters. The van der Waals surface area contributed by atoms with Crippen LogP contribution in [0.2, 0.25) is 0 Å². The van der Waals surface area contributed by atoms with Crippen molar-refractivity contribution in [2.75, 3.05) is 36.4 Å². The monoisotopic (exact) mass is 303 g/mol. The summed E-state index contributed by atoms with van der Waals surface area (Å²) in [7, 11) is 0. The van der Waals surface area contributed by atoms with E-state index in [1.54, 1.807) is 6.92 Å². The van der Waals surface area contributed by atoms with E-state index in [1.807, 2.05) is 11.0 Å². The van der Waals surface area contributed by atoms with Gasteiger partial charge in [-0.15, -0.1) is 0 Å². The first-order chi connectivity index (χ1) is 10.7. The molecule has 6 nitrogen and oxygen atoms in total. The van der Waals surface area contributed by atoms with Crippen molar-refractivity contribution in [3.8, 4) is 0 Å². The number of likely N-dealkylation sites (tertiary alicyclic amines) is 1. The lowest BCUT2D eigenvalue weighted by molar-refractivity contribution is -0.132. The van der Waals surface area contributed by atoms with E-state index in [1.165, 1.54) is 19.3 Å². The molecule has 1 aromatic rings. The van der Waals surface area contributed by atoms with Crippen molar-refractivity contribution in [3.63, 3.8) is 0 Å². The average Bonchev–Trinajstić information content (AvgIpc) is 2.50. The third-order valence-electron chi connectivity index (χ3n) is 4.45. The van der Waals surface area contributed by atoms with Crippen LogP contribution in [0.3, 0.4) is 0 Å². The molecule has 0 aromatic carbocycles. The van der Waals surface area contributed by atoms with Crippen molar-refractivity contribution in [1.82, 2.24) is 14.9 Å². The second-order valence-corrected chi connectivity index (χ2v) is 6.21. The average molecular weight is 303 g/mol. The van der Waals surface area contributed by atoms with Crippen LogP contribution in [0.4, 0.5) is 11.8 Å². The molecule has 1 aromatic heterocycles. The van der Waals surface area contributed by atoms with Gasteiger partial charge in [0.15, 0.2) is 0 Å². The van der Waals surface area contributed by atoms with Crippen LogP contribution in [0.1, 0.15) is 38.8 Å². The quantitative estimate of drug-likeness (QED) is 0.917. The molecule has 22 heavy (non-hydrogen) atoms. The Morgan fingerprint density at radius 1 is 1.27 bits per heavy atom. The lowest BCUT2D eigenvalue weighted by Crippen LogP contribution is -2.56. The van der Waals surface area contributed by atoms with E-state index >= 15 is 0 Å². The Bertz CT molecular complexity index is 535. The smallest absolute Gasteiger partial charge is 0.227 e.